The fourth-order valence-corrected chi connectivity index (χ4v) is 3.03. The van der Waals surface area contributed by atoms with Crippen LogP contribution in [0.3, 0.4) is 0 Å². The van der Waals surface area contributed by atoms with Crippen LogP contribution in [0.15, 0.2) is 53.5 Å². The van der Waals surface area contributed by atoms with Gasteiger partial charge in [0.05, 0.1) is 22.6 Å². The summed E-state index contributed by atoms with van der Waals surface area (Å²) < 4.78 is 8.74. The number of imidazole rings is 1. The second-order valence-corrected chi connectivity index (χ2v) is 6.95. The topological polar surface area (TPSA) is 27.1 Å². The zero-order valence-electron chi connectivity index (χ0n) is 12.1. The van der Waals surface area contributed by atoms with E-state index in [4.69, 9.17) is 27.9 Å². The minimum atomic E-state index is 0.302. The van der Waals surface area contributed by atoms with Crippen molar-refractivity contribution in [2.24, 2.45) is 0 Å². The van der Waals surface area contributed by atoms with Gasteiger partial charge in [0.2, 0.25) is 0 Å². The number of allylic oxidation sites excluding steroid dienone is 1. The van der Waals surface area contributed by atoms with E-state index in [-0.39, 0.29) is 0 Å². The van der Waals surface area contributed by atoms with Gasteiger partial charge in [-0.3, -0.25) is 0 Å². The quantitative estimate of drug-likeness (QED) is 0.527. The van der Waals surface area contributed by atoms with Crippen LogP contribution >= 0.6 is 39.1 Å². The van der Waals surface area contributed by atoms with Crippen molar-refractivity contribution >= 4 is 50.2 Å². The second kappa shape index (κ2) is 6.95. The van der Waals surface area contributed by atoms with Crippen molar-refractivity contribution in [3.05, 3.63) is 69.4 Å². The highest BCUT2D eigenvalue weighted by Gasteiger charge is 2.12. The Morgan fingerprint density at radius 1 is 1.22 bits per heavy atom. The SMILES string of the molecule is C=C(Br)Cn1c(COc2ccc(Cl)cc2Cl)nc2ccccc21. The van der Waals surface area contributed by atoms with Gasteiger partial charge < -0.3 is 9.30 Å². The molecule has 1 aromatic heterocycles. The highest BCUT2D eigenvalue weighted by Crippen LogP contribution is 2.28. The Labute approximate surface area is 152 Å². The van der Waals surface area contributed by atoms with Gasteiger partial charge in [-0.15, -0.1) is 0 Å². The molecule has 23 heavy (non-hydrogen) atoms. The monoisotopic (exact) mass is 410 g/mol. The Hall–Kier alpha value is -1.49. The highest BCUT2D eigenvalue weighted by atomic mass is 79.9. The van der Waals surface area contributed by atoms with Gasteiger partial charge in [-0.25, -0.2) is 4.98 Å². The molecule has 3 nitrogen and oxygen atoms in total. The summed E-state index contributed by atoms with van der Waals surface area (Å²) in [4.78, 5) is 4.63. The molecule has 0 saturated carbocycles. The van der Waals surface area contributed by atoms with Gasteiger partial charge in [0.25, 0.3) is 0 Å². The number of hydrogen-bond acceptors (Lipinski definition) is 2. The van der Waals surface area contributed by atoms with E-state index in [1.807, 2.05) is 24.3 Å². The number of halogens is 3. The Kier molecular flexibility index (Phi) is 4.95. The lowest BCUT2D eigenvalue weighted by Crippen LogP contribution is -2.07. The molecule has 0 radical (unpaired) electrons. The van der Waals surface area contributed by atoms with Crippen LogP contribution in [0.1, 0.15) is 5.82 Å². The number of aromatic nitrogens is 2. The van der Waals surface area contributed by atoms with Gasteiger partial charge in [0.15, 0.2) is 0 Å². The Bertz CT molecular complexity index is 876. The second-order valence-electron chi connectivity index (χ2n) is 4.98. The van der Waals surface area contributed by atoms with E-state index < -0.39 is 0 Å². The Morgan fingerprint density at radius 3 is 2.74 bits per heavy atom. The fraction of sp³-hybridized carbons (Fsp3) is 0.118. The molecule has 0 fully saturated rings. The number of nitrogens with zero attached hydrogens (tertiary/aromatic N) is 2. The highest BCUT2D eigenvalue weighted by molar-refractivity contribution is 9.11. The van der Waals surface area contributed by atoms with Gasteiger partial charge in [0.1, 0.15) is 18.2 Å². The van der Waals surface area contributed by atoms with Crippen LogP contribution in [0, 0.1) is 0 Å². The van der Waals surface area contributed by atoms with Gasteiger partial charge in [-0.05, 0) is 30.3 Å². The molecule has 0 spiro atoms. The van der Waals surface area contributed by atoms with Crippen LogP contribution in [0.25, 0.3) is 11.0 Å². The third kappa shape index (κ3) is 3.71. The van der Waals surface area contributed by atoms with E-state index in [1.54, 1.807) is 18.2 Å². The summed E-state index contributed by atoms with van der Waals surface area (Å²) in [5.74, 6) is 1.38. The smallest absolute Gasteiger partial charge is 0.148 e. The van der Waals surface area contributed by atoms with Crippen molar-refractivity contribution in [3.63, 3.8) is 0 Å². The molecule has 0 aliphatic carbocycles. The Balaban J connectivity index is 1.91. The van der Waals surface area contributed by atoms with Gasteiger partial charge in [-0.2, -0.15) is 0 Å². The summed E-state index contributed by atoms with van der Waals surface area (Å²) in [6.07, 6.45) is 0. The first-order valence-corrected chi connectivity index (χ1v) is 8.45. The lowest BCUT2D eigenvalue weighted by atomic mass is 10.3. The normalized spacial score (nSPS) is 10.9. The molecule has 3 aromatic rings. The summed E-state index contributed by atoms with van der Waals surface area (Å²) >= 11 is 15.5. The third-order valence-electron chi connectivity index (χ3n) is 3.31. The summed E-state index contributed by atoms with van der Waals surface area (Å²) in [5, 5.41) is 1.05. The summed E-state index contributed by atoms with van der Waals surface area (Å²) in [7, 11) is 0. The molecule has 0 saturated heterocycles. The molecular weight excluding hydrogens is 399 g/mol. The predicted molar refractivity (Wildman–Crippen MR) is 98.6 cm³/mol. The van der Waals surface area contributed by atoms with E-state index in [2.05, 4.69) is 32.1 Å². The number of para-hydroxylation sites is 2. The molecule has 1 heterocycles. The lowest BCUT2D eigenvalue weighted by Gasteiger charge is -2.11. The van der Waals surface area contributed by atoms with Crippen molar-refractivity contribution in [1.29, 1.82) is 0 Å². The number of hydrogen-bond donors (Lipinski definition) is 0. The van der Waals surface area contributed by atoms with Crippen molar-refractivity contribution < 1.29 is 4.74 Å². The van der Waals surface area contributed by atoms with Crippen LogP contribution in [0.5, 0.6) is 5.75 Å². The van der Waals surface area contributed by atoms with Crippen molar-refractivity contribution in [2.45, 2.75) is 13.2 Å². The van der Waals surface area contributed by atoms with E-state index in [1.165, 1.54) is 0 Å². The fourth-order valence-electron chi connectivity index (χ4n) is 2.32. The zero-order valence-corrected chi connectivity index (χ0v) is 15.2. The molecule has 2 aromatic carbocycles. The molecule has 0 N–H and O–H groups in total. The third-order valence-corrected chi connectivity index (χ3v) is 4.10. The maximum atomic E-state index is 6.14. The summed E-state index contributed by atoms with van der Waals surface area (Å²) in [6, 6.07) is 13.1. The van der Waals surface area contributed by atoms with E-state index >= 15 is 0 Å². The van der Waals surface area contributed by atoms with Crippen LogP contribution in [-0.2, 0) is 13.2 Å². The van der Waals surface area contributed by atoms with Gasteiger partial charge in [-0.1, -0.05) is 57.8 Å². The molecule has 0 amide bonds. The molecule has 0 bridgehead atoms. The molecule has 0 unspecified atom stereocenters. The maximum Gasteiger partial charge on any atom is 0.148 e. The molecular formula is C17H13BrCl2N2O. The van der Waals surface area contributed by atoms with Crippen LogP contribution in [0.2, 0.25) is 10.0 Å². The first-order valence-electron chi connectivity index (χ1n) is 6.90. The predicted octanol–water partition coefficient (Wildman–Crippen LogP) is 5.83. The lowest BCUT2D eigenvalue weighted by molar-refractivity contribution is 0.291. The molecule has 0 aliphatic rings. The van der Waals surface area contributed by atoms with Gasteiger partial charge >= 0.3 is 0 Å². The average Bonchev–Trinajstić information content (AvgIpc) is 2.84. The number of ether oxygens (including phenoxy) is 1. The van der Waals surface area contributed by atoms with Gasteiger partial charge in [0, 0.05) is 9.51 Å². The number of benzene rings is 2. The van der Waals surface area contributed by atoms with Crippen molar-refractivity contribution in [3.8, 4) is 5.75 Å². The molecule has 0 atom stereocenters. The molecule has 118 valence electrons. The minimum absolute atomic E-state index is 0.302. The van der Waals surface area contributed by atoms with Crippen LogP contribution in [-0.4, -0.2) is 9.55 Å². The molecule has 6 heteroatoms. The summed E-state index contributed by atoms with van der Waals surface area (Å²) in [5.41, 5.74) is 1.95. The van der Waals surface area contributed by atoms with Crippen molar-refractivity contribution in [1.82, 2.24) is 9.55 Å². The number of rotatable bonds is 5. The first kappa shape index (κ1) is 16.4. The zero-order chi connectivity index (χ0) is 16.4. The average molecular weight is 412 g/mol. The first-order chi connectivity index (χ1) is 11.0. The van der Waals surface area contributed by atoms with E-state index in [0.717, 1.165) is 21.3 Å². The Morgan fingerprint density at radius 2 is 2.00 bits per heavy atom. The van der Waals surface area contributed by atoms with Crippen LogP contribution in [0.4, 0.5) is 0 Å². The molecule has 3 rings (SSSR count). The minimum Gasteiger partial charge on any atom is -0.484 e. The van der Waals surface area contributed by atoms with E-state index in [0.29, 0.717) is 28.9 Å². The van der Waals surface area contributed by atoms with Crippen molar-refractivity contribution in [2.75, 3.05) is 0 Å². The van der Waals surface area contributed by atoms with Crippen LogP contribution < -0.4 is 4.74 Å². The summed E-state index contributed by atoms with van der Waals surface area (Å²) in [6.45, 7) is 4.83. The number of fused-ring (bicyclic) bond motifs is 1. The van der Waals surface area contributed by atoms with E-state index in [9.17, 15) is 0 Å². The maximum absolute atomic E-state index is 6.14. The largest absolute Gasteiger partial charge is 0.484 e. The molecule has 0 aliphatic heterocycles. The standard InChI is InChI=1S/C17H13BrCl2N2O/c1-11(18)9-22-15-5-3-2-4-14(15)21-17(22)10-23-16-7-6-12(19)8-13(16)20/h2-8H,1,9-10H2.